The maximum Gasteiger partial charge on any atom is 0.222 e. The molecule has 2 atom stereocenters. The molecule has 2 unspecified atom stereocenters. The first-order valence-corrected chi connectivity index (χ1v) is 7.61. The van der Waals surface area contributed by atoms with E-state index >= 15 is 0 Å². The zero-order valence-corrected chi connectivity index (χ0v) is 13.8. The van der Waals surface area contributed by atoms with E-state index in [1.165, 1.54) is 13.0 Å². The van der Waals surface area contributed by atoms with Crippen LogP contribution in [0.4, 0.5) is 0 Å². The van der Waals surface area contributed by atoms with Gasteiger partial charge in [0.1, 0.15) is 0 Å². The third kappa shape index (κ3) is 6.20. The Morgan fingerprint density at radius 2 is 2.15 bits per heavy atom. The third-order valence-electron chi connectivity index (χ3n) is 3.87. The molecule has 0 aromatic rings. The first kappa shape index (κ1) is 17.4. The second-order valence-corrected chi connectivity index (χ2v) is 7.25. The number of likely N-dealkylation sites (N-methyl/N-ethyl adjacent to an activating group) is 1. The summed E-state index contributed by atoms with van der Waals surface area (Å²) in [6, 6.07) is 0.128. The van der Waals surface area contributed by atoms with E-state index in [9.17, 15) is 4.79 Å². The van der Waals surface area contributed by atoms with Gasteiger partial charge in [-0.1, -0.05) is 0 Å². The number of nitrogens with zero attached hydrogens (tertiary/aromatic N) is 2. The lowest BCUT2D eigenvalue weighted by atomic mass is 10.0. The minimum absolute atomic E-state index is 0.0864. The van der Waals surface area contributed by atoms with Gasteiger partial charge in [0.25, 0.3) is 0 Å². The number of rotatable bonds is 6. The Morgan fingerprint density at radius 3 is 2.60 bits per heavy atom. The van der Waals surface area contributed by atoms with E-state index in [0.717, 1.165) is 13.1 Å². The molecule has 0 saturated carbocycles. The molecule has 0 aromatic carbocycles. The highest BCUT2D eigenvalue weighted by atomic mass is 16.1. The van der Waals surface area contributed by atoms with Gasteiger partial charge in [0.2, 0.25) is 5.91 Å². The van der Waals surface area contributed by atoms with Gasteiger partial charge in [-0.05, 0) is 53.8 Å². The van der Waals surface area contributed by atoms with E-state index < -0.39 is 0 Å². The number of hydrogen-bond donors (Lipinski definition) is 2. The summed E-state index contributed by atoms with van der Waals surface area (Å²) in [6.07, 6.45) is 1.72. The van der Waals surface area contributed by atoms with Crippen LogP contribution in [0.1, 0.15) is 33.6 Å². The number of hydrogen-bond acceptors (Lipinski definition) is 4. The summed E-state index contributed by atoms with van der Waals surface area (Å²) >= 11 is 0. The topological polar surface area (TPSA) is 61.6 Å². The summed E-state index contributed by atoms with van der Waals surface area (Å²) in [4.78, 5) is 16.6. The van der Waals surface area contributed by atoms with Gasteiger partial charge in [0.05, 0.1) is 0 Å². The molecule has 1 aliphatic rings. The van der Waals surface area contributed by atoms with Crippen molar-refractivity contribution in [3.8, 4) is 0 Å². The lowest BCUT2D eigenvalue weighted by Crippen LogP contribution is -2.47. The fraction of sp³-hybridized carbons (Fsp3) is 0.933. The largest absolute Gasteiger partial charge is 0.351 e. The standard InChI is InChI=1S/C15H32N4O/c1-15(2,3)17-14(20)8-13(9-16)19(5)11-12-6-7-18(4)10-12/h12-13H,6-11,16H2,1-5H3,(H,17,20). The van der Waals surface area contributed by atoms with Crippen molar-refractivity contribution in [1.29, 1.82) is 0 Å². The van der Waals surface area contributed by atoms with Gasteiger partial charge >= 0.3 is 0 Å². The van der Waals surface area contributed by atoms with E-state index in [1.54, 1.807) is 0 Å². The van der Waals surface area contributed by atoms with Crippen molar-refractivity contribution in [3.05, 3.63) is 0 Å². The second-order valence-electron chi connectivity index (χ2n) is 7.25. The lowest BCUT2D eigenvalue weighted by molar-refractivity contribution is -0.123. The van der Waals surface area contributed by atoms with Gasteiger partial charge in [-0.2, -0.15) is 0 Å². The molecule has 0 spiro atoms. The molecule has 1 fully saturated rings. The molecule has 118 valence electrons. The highest BCUT2D eigenvalue weighted by molar-refractivity contribution is 5.77. The number of likely N-dealkylation sites (tertiary alicyclic amines) is 1. The molecule has 1 amide bonds. The Hall–Kier alpha value is -0.650. The average Bonchev–Trinajstić information content (AvgIpc) is 2.69. The van der Waals surface area contributed by atoms with Crippen LogP contribution in [0.15, 0.2) is 0 Å². The zero-order chi connectivity index (χ0) is 15.3. The zero-order valence-electron chi connectivity index (χ0n) is 13.8. The van der Waals surface area contributed by atoms with Crippen LogP contribution in [0.25, 0.3) is 0 Å². The van der Waals surface area contributed by atoms with Gasteiger partial charge in [0, 0.05) is 37.6 Å². The summed E-state index contributed by atoms with van der Waals surface area (Å²) < 4.78 is 0. The summed E-state index contributed by atoms with van der Waals surface area (Å²) in [5.74, 6) is 0.785. The molecule has 0 aliphatic carbocycles. The molecule has 0 bridgehead atoms. The maximum atomic E-state index is 12.0. The number of amides is 1. The lowest BCUT2D eigenvalue weighted by Gasteiger charge is -2.30. The van der Waals surface area contributed by atoms with Crippen LogP contribution in [-0.4, -0.2) is 67.6 Å². The molecule has 0 radical (unpaired) electrons. The third-order valence-corrected chi connectivity index (χ3v) is 3.87. The molecule has 1 saturated heterocycles. The smallest absolute Gasteiger partial charge is 0.222 e. The molecule has 20 heavy (non-hydrogen) atoms. The Bertz CT molecular complexity index is 313. The van der Waals surface area contributed by atoms with Crippen molar-refractivity contribution >= 4 is 5.91 Å². The van der Waals surface area contributed by atoms with Crippen molar-refractivity contribution in [2.75, 3.05) is 40.3 Å². The van der Waals surface area contributed by atoms with Crippen molar-refractivity contribution in [1.82, 2.24) is 15.1 Å². The van der Waals surface area contributed by atoms with Gasteiger partial charge < -0.3 is 20.9 Å². The Morgan fingerprint density at radius 1 is 1.50 bits per heavy atom. The molecule has 1 rings (SSSR count). The highest BCUT2D eigenvalue weighted by Crippen LogP contribution is 2.16. The van der Waals surface area contributed by atoms with E-state index in [4.69, 9.17) is 5.73 Å². The molecular formula is C15H32N4O. The van der Waals surface area contributed by atoms with Crippen LogP contribution in [0, 0.1) is 5.92 Å². The Kier molecular flexibility index (Phi) is 6.43. The van der Waals surface area contributed by atoms with Crippen molar-refractivity contribution in [2.45, 2.75) is 45.2 Å². The van der Waals surface area contributed by atoms with Gasteiger partial charge in [-0.3, -0.25) is 4.79 Å². The molecule has 1 aliphatic heterocycles. The SMILES string of the molecule is CN1CCC(CN(C)C(CN)CC(=O)NC(C)(C)C)C1. The van der Waals surface area contributed by atoms with Crippen molar-refractivity contribution < 1.29 is 4.79 Å². The molecule has 1 heterocycles. The molecule has 5 nitrogen and oxygen atoms in total. The van der Waals surface area contributed by atoms with Gasteiger partial charge in [-0.25, -0.2) is 0 Å². The molecular weight excluding hydrogens is 252 g/mol. The summed E-state index contributed by atoms with van der Waals surface area (Å²) in [5, 5.41) is 3.01. The van der Waals surface area contributed by atoms with E-state index in [1.807, 2.05) is 20.8 Å². The van der Waals surface area contributed by atoms with Crippen LogP contribution < -0.4 is 11.1 Å². The number of carbonyl (C=O) groups excluding carboxylic acids is 1. The predicted octanol–water partition coefficient (Wildman–Crippen LogP) is 0.502. The number of nitrogens with one attached hydrogen (secondary N) is 1. The number of carbonyl (C=O) groups is 1. The van der Waals surface area contributed by atoms with Crippen LogP contribution in [0.5, 0.6) is 0 Å². The highest BCUT2D eigenvalue weighted by Gasteiger charge is 2.25. The maximum absolute atomic E-state index is 12.0. The first-order valence-electron chi connectivity index (χ1n) is 7.61. The van der Waals surface area contributed by atoms with Crippen molar-refractivity contribution in [3.63, 3.8) is 0 Å². The van der Waals surface area contributed by atoms with Crippen LogP contribution >= 0.6 is 0 Å². The fourth-order valence-electron chi connectivity index (χ4n) is 2.83. The first-order chi connectivity index (χ1) is 9.21. The second kappa shape index (κ2) is 7.38. The van der Waals surface area contributed by atoms with E-state index in [-0.39, 0.29) is 17.5 Å². The normalized spacial score (nSPS) is 22.2. The Balaban J connectivity index is 2.42. The predicted molar refractivity (Wildman–Crippen MR) is 83.6 cm³/mol. The molecule has 5 heteroatoms. The van der Waals surface area contributed by atoms with Crippen LogP contribution in [-0.2, 0) is 4.79 Å². The van der Waals surface area contributed by atoms with Crippen LogP contribution in [0.2, 0.25) is 0 Å². The van der Waals surface area contributed by atoms with E-state index in [2.05, 4.69) is 29.2 Å². The monoisotopic (exact) mass is 284 g/mol. The summed E-state index contributed by atoms with van der Waals surface area (Å²) in [7, 11) is 4.25. The summed E-state index contributed by atoms with van der Waals surface area (Å²) in [5.41, 5.74) is 5.68. The van der Waals surface area contributed by atoms with E-state index in [0.29, 0.717) is 18.9 Å². The minimum atomic E-state index is -0.178. The van der Waals surface area contributed by atoms with Gasteiger partial charge in [0.15, 0.2) is 0 Å². The Labute approximate surface area is 123 Å². The number of nitrogens with two attached hydrogens (primary N) is 1. The summed E-state index contributed by atoms with van der Waals surface area (Å²) in [6.45, 7) is 9.87. The van der Waals surface area contributed by atoms with Gasteiger partial charge in [-0.15, -0.1) is 0 Å². The van der Waals surface area contributed by atoms with Crippen LogP contribution in [0.3, 0.4) is 0 Å². The minimum Gasteiger partial charge on any atom is -0.351 e. The molecule has 0 aromatic heterocycles. The average molecular weight is 284 g/mol. The quantitative estimate of drug-likeness (QED) is 0.746. The fourth-order valence-corrected chi connectivity index (χ4v) is 2.83. The molecule has 3 N–H and O–H groups in total. The van der Waals surface area contributed by atoms with Crippen molar-refractivity contribution in [2.24, 2.45) is 11.7 Å².